The molecule has 2 heterocycles. The highest BCUT2D eigenvalue weighted by Crippen LogP contribution is 2.27. The lowest BCUT2D eigenvalue weighted by Gasteiger charge is -2.26. The third kappa shape index (κ3) is 3.99. The van der Waals surface area contributed by atoms with E-state index in [1.54, 1.807) is 0 Å². The van der Waals surface area contributed by atoms with Gasteiger partial charge in [-0.15, -0.1) is 0 Å². The van der Waals surface area contributed by atoms with Gasteiger partial charge in [-0.05, 0) is 13.0 Å². The van der Waals surface area contributed by atoms with E-state index in [9.17, 15) is 10.1 Å². The topological polar surface area (TPSA) is 93.4 Å². The van der Waals surface area contributed by atoms with Gasteiger partial charge in [-0.2, -0.15) is 0 Å². The summed E-state index contributed by atoms with van der Waals surface area (Å²) in [6, 6.07) is 0. The molecular weight excluding hydrogens is 286 g/mol. The van der Waals surface area contributed by atoms with E-state index in [4.69, 9.17) is 16.3 Å². The minimum atomic E-state index is -0.577. The minimum Gasteiger partial charge on any atom is -0.379 e. The van der Waals surface area contributed by atoms with Gasteiger partial charge in [0.1, 0.15) is 6.33 Å². The molecule has 2 rings (SSSR count). The van der Waals surface area contributed by atoms with Gasteiger partial charge in [-0.25, -0.2) is 9.97 Å². The second-order valence-corrected chi connectivity index (χ2v) is 4.71. The molecule has 0 bridgehead atoms. The van der Waals surface area contributed by atoms with E-state index in [0.29, 0.717) is 6.54 Å². The fourth-order valence-electron chi connectivity index (χ4n) is 1.98. The Labute approximate surface area is 121 Å². The fourth-order valence-corrected chi connectivity index (χ4v) is 2.18. The van der Waals surface area contributed by atoms with Crippen molar-refractivity contribution in [1.82, 2.24) is 14.9 Å². The predicted molar refractivity (Wildman–Crippen MR) is 74.1 cm³/mol. The molecule has 0 aliphatic carbocycles. The van der Waals surface area contributed by atoms with Crippen molar-refractivity contribution in [3.63, 3.8) is 0 Å². The third-order valence-electron chi connectivity index (χ3n) is 3.01. The molecule has 1 aliphatic heterocycles. The monoisotopic (exact) mass is 301 g/mol. The number of hydrogen-bond acceptors (Lipinski definition) is 7. The average Bonchev–Trinajstić information content (AvgIpc) is 2.44. The van der Waals surface area contributed by atoms with Crippen molar-refractivity contribution in [1.29, 1.82) is 0 Å². The Balaban J connectivity index is 1.82. The zero-order valence-corrected chi connectivity index (χ0v) is 11.7. The van der Waals surface area contributed by atoms with Gasteiger partial charge in [0.05, 0.1) is 18.1 Å². The standard InChI is InChI=1S/C11H16ClN5O3/c12-10-9(17(18)19)11(15-8-14-10)13-2-1-3-16-4-6-20-7-5-16/h8H,1-7H2,(H,13,14,15). The molecule has 0 amide bonds. The maximum absolute atomic E-state index is 10.9. The van der Waals surface area contributed by atoms with Crippen LogP contribution in [0, 0.1) is 10.1 Å². The number of morpholine rings is 1. The highest BCUT2D eigenvalue weighted by atomic mass is 35.5. The number of anilines is 1. The van der Waals surface area contributed by atoms with Gasteiger partial charge in [0.2, 0.25) is 11.0 Å². The normalized spacial score (nSPS) is 16.1. The van der Waals surface area contributed by atoms with Crippen LogP contribution in [0.15, 0.2) is 6.33 Å². The summed E-state index contributed by atoms with van der Waals surface area (Å²) >= 11 is 5.70. The van der Waals surface area contributed by atoms with E-state index in [0.717, 1.165) is 39.3 Å². The summed E-state index contributed by atoms with van der Waals surface area (Å²) in [5.74, 6) is 0.164. The van der Waals surface area contributed by atoms with E-state index in [2.05, 4.69) is 20.2 Å². The molecule has 0 spiro atoms. The number of nitrogens with zero attached hydrogens (tertiary/aromatic N) is 4. The molecule has 0 radical (unpaired) electrons. The smallest absolute Gasteiger partial charge is 0.348 e. The lowest BCUT2D eigenvalue weighted by atomic mass is 10.3. The van der Waals surface area contributed by atoms with Crippen LogP contribution in [0.25, 0.3) is 0 Å². The molecule has 0 saturated carbocycles. The van der Waals surface area contributed by atoms with Crippen molar-refractivity contribution in [2.45, 2.75) is 6.42 Å². The molecule has 1 saturated heterocycles. The lowest BCUT2D eigenvalue weighted by Crippen LogP contribution is -2.37. The summed E-state index contributed by atoms with van der Waals surface area (Å²) in [4.78, 5) is 20.1. The van der Waals surface area contributed by atoms with Crippen molar-refractivity contribution >= 4 is 23.1 Å². The van der Waals surface area contributed by atoms with Crippen molar-refractivity contribution in [3.05, 3.63) is 21.6 Å². The first-order valence-corrected chi connectivity index (χ1v) is 6.75. The fraction of sp³-hybridized carbons (Fsp3) is 0.636. The Morgan fingerprint density at radius 1 is 1.45 bits per heavy atom. The number of nitro groups is 1. The SMILES string of the molecule is O=[N+]([O-])c1c(Cl)ncnc1NCCCN1CCOCC1. The largest absolute Gasteiger partial charge is 0.379 e. The van der Waals surface area contributed by atoms with Gasteiger partial charge in [0.25, 0.3) is 0 Å². The molecule has 9 heteroatoms. The van der Waals surface area contributed by atoms with Gasteiger partial charge in [-0.3, -0.25) is 15.0 Å². The van der Waals surface area contributed by atoms with Crippen LogP contribution in [0.3, 0.4) is 0 Å². The predicted octanol–water partition coefficient (Wildman–Crippen LogP) is 1.17. The molecule has 0 aromatic carbocycles. The van der Waals surface area contributed by atoms with Crippen LogP contribution in [-0.2, 0) is 4.74 Å². The summed E-state index contributed by atoms with van der Waals surface area (Å²) < 4.78 is 5.27. The van der Waals surface area contributed by atoms with Crippen LogP contribution in [0.1, 0.15) is 6.42 Å². The van der Waals surface area contributed by atoms with Crippen LogP contribution in [-0.4, -0.2) is 59.2 Å². The second-order valence-electron chi connectivity index (χ2n) is 4.35. The third-order valence-corrected chi connectivity index (χ3v) is 3.28. The summed E-state index contributed by atoms with van der Waals surface area (Å²) in [6.07, 6.45) is 2.07. The Hall–Kier alpha value is -1.51. The summed E-state index contributed by atoms with van der Waals surface area (Å²) in [5.41, 5.74) is -0.277. The van der Waals surface area contributed by atoms with Gasteiger partial charge in [0, 0.05) is 19.6 Å². The van der Waals surface area contributed by atoms with Gasteiger partial charge >= 0.3 is 5.69 Å². The van der Waals surface area contributed by atoms with E-state index in [-0.39, 0.29) is 16.7 Å². The number of rotatable bonds is 6. The molecular formula is C11H16ClN5O3. The number of hydrogen-bond donors (Lipinski definition) is 1. The number of ether oxygens (including phenoxy) is 1. The zero-order valence-electron chi connectivity index (χ0n) is 10.9. The molecule has 20 heavy (non-hydrogen) atoms. The van der Waals surface area contributed by atoms with E-state index >= 15 is 0 Å². The van der Waals surface area contributed by atoms with Gasteiger partial charge in [-0.1, -0.05) is 11.6 Å². The van der Waals surface area contributed by atoms with Crippen LogP contribution in [0.5, 0.6) is 0 Å². The molecule has 1 aliphatic rings. The molecule has 110 valence electrons. The first-order chi connectivity index (χ1) is 9.68. The van der Waals surface area contributed by atoms with Gasteiger partial charge in [0.15, 0.2) is 0 Å². The number of nitrogens with one attached hydrogen (secondary N) is 1. The van der Waals surface area contributed by atoms with E-state index in [1.807, 2.05) is 0 Å². The molecule has 0 unspecified atom stereocenters. The van der Waals surface area contributed by atoms with Crippen LogP contribution in [0.2, 0.25) is 5.15 Å². The Bertz CT molecular complexity index is 467. The highest BCUT2D eigenvalue weighted by Gasteiger charge is 2.21. The van der Waals surface area contributed by atoms with Gasteiger partial charge < -0.3 is 10.1 Å². The first-order valence-electron chi connectivity index (χ1n) is 6.37. The summed E-state index contributed by atoms with van der Waals surface area (Å²) in [5, 5.41) is 13.7. The summed E-state index contributed by atoms with van der Waals surface area (Å²) in [6.45, 7) is 4.90. The zero-order chi connectivity index (χ0) is 14.4. The van der Waals surface area contributed by atoms with Crippen LogP contribution < -0.4 is 5.32 Å². The molecule has 1 aromatic heterocycles. The average molecular weight is 302 g/mol. The Morgan fingerprint density at radius 2 is 2.20 bits per heavy atom. The maximum atomic E-state index is 10.9. The van der Waals surface area contributed by atoms with E-state index in [1.165, 1.54) is 6.33 Å². The van der Waals surface area contributed by atoms with Crippen molar-refractivity contribution in [2.75, 3.05) is 44.7 Å². The molecule has 1 N–H and O–H groups in total. The quantitative estimate of drug-likeness (QED) is 0.365. The van der Waals surface area contributed by atoms with E-state index < -0.39 is 4.92 Å². The molecule has 1 aromatic rings. The lowest BCUT2D eigenvalue weighted by molar-refractivity contribution is -0.384. The Morgan fingerprint density at radius 3 is 2.90 bits per heavy atom. The number of halogens is 1. The first kappa shape index (κ1) is 14.9. The number of aromatic nitrogens is 2. The van der Waals surface area contributed by atoms with Crippen molar-refractivity contribution in [3.8, 4) is 0 Å². The molecule has 0 atom stereocenters. The minimum absolute atomic E-state index is 0.152. The highest BCUT2D eigenvalue weighted by molar-refractivity contribution is 6.31. The molecule has 8 nitrogen and oxygen atoms in total. The maximum Gasteiger partial charge on any atom is 0.348 e. The van der Waals surface area contributed by atoms with Crippen LogP contribution in [0.4, 0.5) is 11.5 Å². The van der Waals surface area contributed by atoms with Crippen molar-refractivity contribution in [2.24, 2.45) is 0 Å². The second kappa shape index (κ2) is 7.32. The van der Waals surface area contributed by atoms with Crippen molar-refractivity contribution < 1.29 is 9.66 Å². The molecule has 1 fully saturated rings. The Kier molecular flexibility index (Phi) is 5.45. The summed E-state index contributed by atoms with van der Waals surface area (Å²) in [7, 11) is 0. The van der Waals surface area contributed by atoms with Crippen LogP contribution >= 0.6 is 11.6 Å².